The molecule has 1 aromatic heterocycles. The molecule has 0 unspecified atom stereocenters. The third-order valence-electron chi connectivity index (χ3n) is 2.85. The Kier molecular flexibility index (Phi) is 4.11. The van der Waals surface area contributed by atoms with Crippen molar-refractivity contribution in [3.8, 4) is 0 Å². The van der Waals surface area contributed by atoms with Crippen LogP contribution in [0, 0.1) is 13.8 Å². The number of benzene rings is 1. The van der Waals surface area contributed by atoms with E-state index in [0.29, 0.717) is 9.90 Å². The molecule has 0 radical (unpaired) electrons. The summed E-state index contributed by atoms with van der Waals surface area (Å²) in [6, 6.07) is 6.04. The van der Waals surface area contributed by atoms with Crippen LogP contribution in [0.15, 0.2) is 24.3 Å². The minimum absolute atomic E-state index is 0.00718. The van der Waals surface area contributed by atoms with Crippen molar-refractivity contribution in [2.45, 2.75) is 13.8 Å². The largest absolute Gasteiger partial charge is 0.478 e. The van der Waals surface area contributed by atoms with E-state index in [1.165, 1.54) is 29.5 Å². The van der Waals surface area contributed by atoms with Gasteiger partial charge in [0.25, 0.3) is 5.91 Å². The van der Waals surface area contributed by atoms with Crippen LogP contribution >= 0.6 is 22.9 Å². The SMILES string of the molecule is Cc1cc(C(=O)Nc2cc(Cl)ccc2C(=O)O)sc1C. The highest BCUT2D eigenvalue weighted by Gasteiger charge is 2.16. The van der Waals surface area contributed by atoms with Gasteiger partial charge < -0.3 is 10.4 Å². The van der Waals surface area contributed by atoms with Gasteiger partial charge in [-0.15, -0.1) is 11.3 Å². The zero-order valence-corrected chi connectivity index (χ0v) is 12.4. The molecule has 0 aliphatic heterocycles. The molecule has 2 rings (SSSR count). The Bertz CT molecular complexity index is 674. The third kappa shape index (κ3) is 3.00. The summed E-state index contributed by atoms with van der Waals surface area (Å²) in [5.41, 5.74) is 1.23. The van der Waals surface area contributed by atoms with Crippen LogP contribution in [0.4, 0.5) is 5.69 Å². The standard InChI is InChI=1S/C14H12ClNO3S/c1-7-5-12(20-8(7)2)13(17)16-11-6-9(15)3-4-10(11)14(18)19/h3-6H,1-2H3,(H,16,17)(H,18,19). The van der Waals surface area contributed by atoms with Crippen LogP contribution in [0.1, 0.15) is 30.5 Å². The number of nitrogens with one attached hydrogen (secondary N) is 1. The average molecular weight is 310 g/mol. The highest BCUT2D eigenvalue weighted by Crippen LogP contribution is 2.25. The first kappa shape index (κ1) is 14.6. The average Bonchev–Trinajstić information content (AvgIpc) is 2.69. The number of carbonyl (C=O) groups excluding carboxylic acids is 1. The minimum Gasteiger partial charge on any atom is -0.478 e. The maximum absolute atomic E-state index is 12.1. The molecule has 2 N–H and O–H groups in total. The molecule has 0 saturated heterocycles. The maximum atomic E-state index is 12.1. The number of carboxylic acids is 1. The Balaban J connectivity index is 2.32. The second-order valence-corrected chi connectivity index (χ2v) is 5.99. The van der Waals surface area contributed by atoms with Crippen LogP contribution in [-0.4, -0.2) is 17.0 Å². The number of hydrogen-bond donors (Lipinski definition) is 2. The molecule has 0 saturated carbocycles. The number of carboxylic acid groups (broad SMARTS) is 1. The smallest absolute Gasteiger partial charge is 0.337 e. The summed E-state index contributed by atoms with van der Waals surface area (Å²) in [5.74, 6) is -1.45. The Morgan fingerprint density at radius 2 is 1.95 bits per heavy atom. The Labute approximate surface area is 125 Å². The number of aromatic carboxylic acids is 1. The van der Waals surface area contributed by atoms with E-state index in [9.17, 15) is 9.59 Å². The summed E-state index contributed by atoms with van der Waals surface area (Å²) in [6.45, 7) is 3.85. The van der Waals surface area contributed by atoms with E-state index < -0.39 is 5.97 Å². The van der Waals surface area contributed by atoms with E-state index in [2.05, 4.69) is 5.32 Å². The fourth-order valence-electron chi connectivity index (χ4n) is 1.68. The van der Waals surface area contributed by atoms with Crippen molar-refractivity contribution in [2.24, 2.45) is 0 Å². The van der Waals surface area contributed by atoms with E-state index in [-0.39, 0.29) is 17.2 Å². The Morgan fingerprint density at radius 1 is 1.25 bits per heavy atom. The fraction of sp³-hybridized carbons (Fsp3) is 0.143. The number of halogens is 1. The van der Waals surface area contributed by atoms with Crippen molar-refractivity contribution >= 4 is 40.5 Å². The molecule has 1 heterocycles. The summed E-state index contributed by atoms with van der Waals surface area (Å²) >= 11 is 7.21. The molecule has 0 aliphatic carbocycles. The van der Waals surface area contributed by atoms with Crippen LogP contribution in [0.25, 0.3) is 0 Å². The van der Waals surface area contributed by atoms with Crippen LogP contribution in [0.3, 0.4) is 0 Å². The molecule has 1 amide bonds. The van der Waals surface area contributed by atoms with Gasteiger partial charge in [-0.25, -0.2) is 4.79 Å². The Morgan fingerprint density at radius 3 is 2.50 bits per heavy atom. The lowest BCUT2D eigenvalue weighted by Crippen LogP contribution is -2.13. The highest BCUT2D eigenvalue weighted by molar-refractivity contribution is 7.14. The van der Waals surface area contributed by atoms with E-state index in [1.54, 1.807) is 6.07 Å². The number of carbonyl (C=O) groups is 2. The number of amides is 1. The van der Waals surface area contributed by atoms with Gasteiger partial charge in [-0.05, 0) is 43.7 Å². The van der Waals surface area contributed by atoms with Gasteiger partial charge in [-0.1, -0.05) is 11.6 Å². The zero-order valence-electron chi connectivity index (χ0n) is 10.9. The molecule has 0 spiro atoms. The van der Waals surface area contributed by atoms with Crippen LogP contribution in [0.2, 0.25) is 5.02 Å². The summed E-state index contributed by atoms with van der Waals surface area (Å²) in [6.07, 6.45) is 0. The van der Waals surface area contributed by atoms with E-state index >= 15 is 0 Å². The van der Waals surface area contributed by atoms with Gasteiger partial charge in [0.2, 0.25) is 0 Å². The monoisotopic (exact) mass is 309 g/mol. The van der Waals surface area contributed by atoms with Gasteiger partial charge in [0.15, 0.2) is 0 Å². The van der Waals surface area contributed by atoms with Crippen molar-refractivity contribution in [2.75, 3.05) is 5.32 Å². The molecule has 2 aromatic rings. The normalized spacial score (nSPS) is 10.3. The summed E-state index contributed by atoms with van der Waals surface area (Å²) in [7, 11) is 0. The van der Waals surface area contributed by atoms with Gasteiger partial charge in [-0.2, -0.15) is 0 Å². The van der Waals surface area contributed by atoms with Gasteiger partial charge >= 0.3 is 5.97 Å². The van der Waals surface area contributed by atoms with E-state index in [4.69, 9.17) is 16.7 Å². The van der Waals surface area contributed by atoms with Crippen LogP contribution in [0.5, 0.6) is 0 Å². The maximum Gasteiger partial charge on any atom is 0.337 e. The molecule has 1 aromatic carbocycles. The van der Waals surface area contributed by atoms with Crippen molar-refractivity contribution in [1.29, 1.82) is 0 Å². The molecule has 0 bridgehead atoms. The first-order valence-corrected chi connectivity index (χ1v) is 6.99. The summed E-state index contributed by atoms with van der Waals surface area (Å²) in [4.78, 5) is 24.8. The van der Waals surface area contributed by atoms with E-state index in [0.717, 1.165) is 10.4 Å². The quantitative estimate of drug-likeness (QED) is 0.901. The lowest BCUT2D eigenvalue weighted by Gasteiger charge is -2.07. The number of hydrogen-bond acceptors (Lipinski definition) is 3. The molecule has 0 fully saturated rings. The number of thiophene rings is 1. The zero-order chi connectivity index (χ0) is 14.9. The van der Waals surface area contributed by atoms with Gasteiger partial charge in [-0.3, -0.25) is 4.79 Å². The lowest BCUT2D eigenvalue weighted by atomic mass is 10.1. The topological polar surface area (TPSA) is 66.4 Å². The highest BCUT2D eigenvalue weighted by atomic mass is 35.5. The van der Waals surface area contributed by atoms with Crippen molar-refractivity contribution in [1.82, 2.24) is 0 Å². The second-order valence-electron chi connectivity index (χ2n) is 4.30. The van der Waals surface area contributed by atoms with Crippen molar-refractivity contribution < 1.29 is 14.7 Å². The number of anilines is 1. The molecule has 20 heavy (non-hydrogen) atoms. The molecule has 0 aliphatic rings. The molecule has 104 valence electrons. The van der Waals surface area contributed by atoms with Crippen LogP contribution in [-0.2, 0) is 0 Å². The summed E-state index contributed by atoms with van der Waals surface area (Å²) in [5, 5.41) is 12.1. The predicted octanol–water partition coefficient (Wildman–Crippen LogP) is 3.97. The predicted molar refractivity (Wildman–Crippen MR) is 80.2 cm³/mol. The fourth-order valence-corrected chi connectivity index (χ4v) is 2.78. The summed E-state index contributed by atoms with van der Waals surface area (Å²) < 4.78 is 0. The minimum atomic E-state index is -1.12. The first-order valence-electron chi connectivity index (χ1n) is 5.79. The van der Waals surface area contributed by atoms with Gasteiger partial charge in [0, 0.05) is 9.90 Å². The lowest BCUT2D eigenvalue weighted by molar-refractivity contribution is 0.0698. The van der Waals surface area contributed by atoms with Crippen molar-refractivity contribution in [3.05, 3.63) is 50.2 Å². The van der Waals surface area contributed by atoms with Gasteiger partial charge in [0.05, 0.1) is 16.1 Å². The Hall–Kier alpha value is -1.85. The third-order valence-corrected chi connectivity index (χ3v) is 4.24. The number of aryl methyl sites for hydroxylation is 2. The molecular weight excluding hydrogens is 298 g/mol. The molecule has 4 nitrogen and oxygen atoms in total. The van der Waals surface area contributed by atoms with Crippen molar-refractivity contribution in [3.63, 3.8) is 0 Å². The molecular formula is C14H12ClNO3S. The molecule has 6 heteroatoms. The van der Waals surface area contributed by atoms with Crippen LogP contribution < -0.4 is 5.32 Å². The molecule has 0 atom stereocenters. The second kappa shape index (κ2) is 5.64. The van der Waals surface area contributed by atoms with E-state index in [1.807, 2.05) is 13.8 Å². The first-order chi connectivity index (χ1) is 9.38. The number of rotatable bonds is 3. The van der Waals surface area contributed by atoms with Gasteiger partial charge in [0.1, 0.15) is 0 Å².